The zero-order valence-electron chi connectivity index (χ0n) is 10.1. The van der Waals surface area contributed by atoms with Gasteiger partial charge in [-0.3, -0.25) is 4.98 Å². The fourth-order valence-electron chi connectivity index (χ4n) is 2.04. The lowest BCUT2D eigenvalue weighted by Gasteiger charge is -2.13. The SMILES string of the molecule is O=c1[nH]c2ccc(C(O)c3cc(Br)ccc3Cl)cc2o1. The number of aliphatic hydroxyl groups excluding tert-OH is 1. The van der Waals surface area contributed by atoms with E-state index in [1.54, 1.807) is 36.4 Å². The second kappa shape index (κ2) is 5.09. The fourth-order valence-corrected chi connectivity index (χ4v) is 2.64. The maximum absolute atomic E-state index is 11.1. The summed E-state index contributed by atoms with van der Waals surface area (Å²) in [7, 11) is 0. The molecule has 2 N–H and O–H groups in total. The summed E-state index contributed by atoms with van der Waals surface area (Å²) in [4.78, 5) is 13.7. The summed E-state index contributed by atoms with van der Waals surface area (Å²) in [5, 5.41) is 10.9. The van der Waals surface area contributed by atoms with Gasteiger partial charge >= 0.3 is 5.76 Å². The summed E-state index contributed by atoms with van der Waals surface area (Å²) in [6, 6.07) is 10.3. The summed E-state index contributed by atoms with van der Waals surface area (Å²) in [5.74, 6) is -0.521. The minimum absolute atomic E-state index is 0.401. The highest BCUT2D eigenvalue weighted by Crippen LogP contribution is 2.31. The Morgan fingerprint density at radius 1 is 1.25 bits per heavy atom. The van der Waals surface area contributed by atoms with Gasteiger partial charge in [-0.05, 0) is 35.9 Å². The molecule has 20 heavy (non-hydrogen) atoms. The lowest BCUT2D eigenvalue weighted by atomic mass is 10.0. The van der Waals surface area contributed by atoms with E-state index in [4.69, 9.17) is 16.0 Å². The highest BCUT2D eigenvalue weighted by Gasteiger charge is 2.16. The number of aromatic amines is 1. The molecule has 0 aliphatic rings. The molecule has 1 aromatic heterocycles. The van der Waals surface area contributed by atoms with Gasteiger partial charge in [0.1, 0.15) is 6.10 Å². The zero-order chi connectivity index (χ0) is 14.3. The van der Waals surface area contributed by atoms with Crippen molar-refractivity contribution in [2.75, 3.05) is 0 Å². The molecule has 102 valence electrons. The topological polar surface area (TPSA) is 66.2 Å². The van der Waals surface area contributed by atoms with Crippen LogP contribution in [0.5, 0.6) is 0 Å². The average molecular weight is 355 g/mol. The Morgan fingerprint density at radius 3 is 2.85 bits per heavy atom. The number of halogens is 2. The molecule has 2 aromatic carbocycles. The number of H-pyrrole nitrogens is 1. The number of fused-ring (bicyclic) bond motifs is 1. The Hall–Kier alpha value is -1.56. The molecule has 0 aliphatic carbocycles. The van der Waals surface area contributed by atoms with Gasteiger partial charge in [0, 0.05) is 15.1 Å². The van der Waals surface area contributed by atoms with Gasteiger partial charge in [-0.2, -0.15) is 0 Å². The Bertz CT molecular complexity index is 840. The van der Waals surface area contributed by atoms with Gasteiger partial charge in [0.25, 0.3) is 0 Å². The Balaban J connectivity index is 2.09. The van der Waals surface area contributed by atoms with Gasteiger partial charge in [0.15, 0.2) is 5.58 Å². The largest absolute Gasteiger partial charge is 0.417 e. The van der Waals surface area contributed by atoms with Crippen LogP contribution in [-0.4, -0.2) is 10.1 Å². The molecule has 1 atom stereocenters. The van der Waals surface area contributed by atoms with E-state index in [1.807, 2.05) is 0 Å². The number of oxazole rings is 1. The minimum atomic E-state index is -0.899. The van der Waals surface area contributed by atoms with Gasteiger partial charge in [-0.15, -0.1) is 0 Å². The number of nitrogens with one attached hydrogen (secondary N) is 1. The third-order valence-electron chi connectivity index (χ3n) is 3.01. The van der Waals surface area contributed by atoms with E-state index >= 15 is 0 Å². The number of hydrogen-bond donors (Lipinski definition) is 2. The third-order valence-corrected chi connectivity index (χ3v) is 3.85. The van der Waals surface area contributed by atoms with Gasteiger partial charge in [-0.25, -0.2) is 4.79 Å². The van der Waals surface area contributed by atoms with E-state index in [0.717, 1.165) is 4.47 Å². The highest BCUT2D eigenvalue weighted by molar-refractivity contribution is 9.10. The van der Waals surface area contributed by atoms with E-state index in [1.165, 1.54) is 0 Å². The van der Waals surface area contributed by atoms with Crippen LogP contribution in [0.25, 0.3) is 11.1 Å². The van der Waals surface area contributed by atoms with Gasteiger partial charge in [-0.1, -0.05) is 33.6 Å². The summed E-state index contributed by atoms with van der Waals surface area (Å²) in [5.41, 5.74) is 2.17. The molecule has 0 bridgehead atoms. The van der Waals surface area contributed by atoms with Crippen molar-refractivity contribution in [1.82, 2.24) is 4.98 Å². The molecule has 4 nitrogen and oxygen atoms in total. The first kappa shape index (κ1) is 13.4. The van der Waals surface area contributed by atoms with Gasteiger partial charge in [0.05, 0.1) is 5.52 Å². The minimum Gasteiger partial charge on any atom is -0.408 e. The van der Waals surface area contributed by atoms with Crippen LogP contribution in [-0.2, 0) is 0 Å². The average Bonchev–Trinajstić information content (AvgIpc) is 2.79. The maximum Gasteiger partial charge on any atom is 0.417 e. The van der Waals surface area contributed by atoms with Crippen molar-refractivity contribution in [1.29, 1.82) is 0 Å². The van der Waals surface area contributed by atoms with Crippen LogP contribution in [0.1, 0.15) is 17.2 Å². The number of aromatic nitrogens is 1. The second-order valence-corrected chi connectivity index (χ2v) is 5.66. The van der Waals surface area contributed by atoms with Crippen LogP contribution >= 0.6 is 27.5 Å². The van der Waals surface area contributed by atoms with E-state index in [0.29, 0.717) is 27.2 Å². The van der Waals surface area contributed by atoms with Crippen molar-refractivity contribution in [2.24, 2.45) is 0 Å². The quantitative estimate of drug-likeness (QED) is 0.738. The van der Waals surface area contributed by atoms with Crippen molar-refractivity contribution >= 4 is 38.6 Å². The first-order chi connectivity index (χ1) is 9.54. The van der Waals surface area contributed by atoms with Crippen molar-refractivity contribution in [3.8, 4) is 0 Å². The van der Waals surface area contributed by atoms with Gasteiger partial charge in [0.2, 0.25) is 0 Å². The van der Waals surface area contributed by atoms with E-state index in [2.05, 4.69) is 20.9 Å². The predicted octanol–water partition coefficient (Wildman–Crippen LogP) is 3.62. The van der Waals surface area contributed by atoms with Crippen LogP contribution in [0.2, 0.25) is 5.02 Å². The highest BCUT2D eigenvalue weighted by atomic mass is 79.9. The smallest absolute Gasteiger partial charge is 0.408 e. The zero-order valence-corrected chi connectivity index (χ0v) is 12.4. The lowest BCUT2D eigenvalue weighted by Crippen LogP contribution is -2.00. The number of aliphatic hydroxyl groups is 1. The molecular weight excluding hydrogens is 346 g/mol. The molecule has 0 amide bonds. The fraction of sp³-hybridized carbons (Fsp3) is 0.0714. The molecule has 1 heterocycles. The first-order valence-electron chi connectivity index (χ1n) is 5.80. The molecule has 0 saturated carbocycles. The maximum atomic E-state index is 11.1. The molecule has 0 radical (unpaired) electrons. The Labute approximate surface area is 127 Å². The molecule has 1 unspecified atom stereocenters. The Morgan fingerprint density at radius 2 is 2.05 bits per heavy atom. The van der Waals surface area contributed by atoms with Crippen molar-refractivity contribution < 1.29 is 9.52 Å². The molecule has 0 aliphatic heterocycles. The molecule has 3 aromatic rings. The number of benzene rings is 2. The normalized spacial score (nSPS) is 12.8. The summed E-state index contributed by atoms with van der Waals surface area (Å²) in [6.45, 7) is 0. The molecule has 0 saturated heterocycles. The second-order valence-electron chi connectivity index (χ2n) is 4.34. The van der Waals surface area contributed by atoms with Crippen LogP contribution in [0, 0.1) is 0 Å². The molecule has 0 spiro atoms. The summed E-state index contributed by atoms with van der Waals surface area (Å²) >= 11 is 9.45. The third kappa shape index (κ3) is 2.40. The van der Waals surface area contributed by atoms with Crippen LogP contribution in [0.4, 0.5) is 0 Å². The monoisotopic (exact) mass is 353 g/mol. The van der Waals surface area contributed by atoms with Gasteiger partial charge < -0.3 is 9.52 Å². The Kier molecular flexibility index (Phi) is 3.41. The molecule has 3 rings (SSSR count). The van der Waals surface area contributed by atoms with E-state index in [9.17, 15) is 9.90 Å². The van der Waals surface area contributed by atoms with Crippen molar-refractivity contribution in [2.45, 2.75) is 6.10 Å². The van der Waals surface area contributed by atoms with Crippen molar-refractivity contribution in [3.63, 3.8) is 0 Å². The first-order valence-corrected chi connectivity index (χ1v) is 6.97. The van der Waals surface area contributed by atoms with Crippen LogP contribution < -0.4 is 5.76 Å². The summed E-state index contributed by atoms with van der Waals surface area (Å²) in [6.07, 6.45) is -0.899. The molecule has 6 heteroatoms. The predicted molar refractivity (Wildman–Crippen MR) is 80.0 cm³/mol. The number of rotatable bonds is 2. The number of hydrogen-bond acceptors (Lipinski definition) is 3. The van der Waals surface area contributed by atoms with Crippen LogP contribution in [0.3, 0.4) is 0 Å². The standard InChI is InChI=1S/C14H9BrClNO3/c15-8-2-3-10(16)9(6-8)13(18)7-1-4-11-12(5-7)20-14(19)17-11/h1-6,13,18H,(H,17,19). The molecular formula is C14H9BrClNO3. The van der Waals surface area contributed by atoms with Crippen molar-refractivity contribution in [3.05, 3.63) is 67.6 Å². The van der Waals surface area contributed by atoms with E-state index in [-0.39, 0.29) is 0 Å². The molecule has 0 fully saturated rings. The van der Waals surface area contributed by atoms with E-state index < -0.39 is 11.9 Å². The summed E-state index contributed by atoms with van der Waals surface area (Å²) < 4.78 is 5.81. The lowest BCUT2D eigenvalue weighted by molar-refractivity contribution is 0.220. The van der Waals surface area contributed by atoms with Crippen LogP contribution in [0.15, 0.2) is 50.1 Å².